The molecule has 1 aliphatic rings. The number of hydrogen-bond acceptors (Lipinski definition) is 3. The van der Waals surface area contributed by atoms with Crippen molar-refractivity contribution in [2.24, 2.45) is 0 Å². The molecule has 6 heteroatoms. The first-order valence-electron chi connectivity index (χ1n) is 11.8. The van der Waals surface area contributed by atoms with E-state index in [0.717, 1.165) is 16.7 Å². The van der Waals surface area contributed by atoms with Crippen LogP contribution in [0.2, 0.25) is 5.02 Å². The van der Waals surface area contributed by atoms with Crippen LogP contribution in [0.25, 0.3) is 0 Å². The number of nitrogens with one attached hydrogen (secondary N) is 1. The Hall–Kier alpha value is -2.76. The maximum Gasteiger partial charge on any atom is 0.251 e. The van der Waals surface area contributed by atoms with Crippen molar-refractivity contribution in [3.8, 4) is 0 Å². The van der Waals surface area contributed by atoms with Crippen molar-refractivity contribution in [3.63, 3.8) is 0 Å². The number of hydrogen-bond donors (Lipinski definition) is 1. The lowest BCUT2D eigenvalue weighted by Gasteiger charge is -2.24. The molecule has 0 aromatic heterocycles. The first-order chi connectivity index (χ1) is 16.6. The highest BCUT2D eigenvalue weighted by molar-refractivity contribution is 8.00. The molecule has 2 unspecified atom stereocenters. The summed E-state index contributed by atoms with van der Waals surface area (Å²) in [5, 5.41) is 3.70. The maximum atomic E-state index is 12.9. The lowest BCUT2D eigenvalue weighted by atomic mass is 9.86. The fraction of sp³-hybridized carbons (Fsp3) is 0.310. The zero-order valence-electron chi connectivity index (χ0n) is 20.5. The number of thioether (sulfide) groups is 1. The van der Waals surface area contributed by atoms with Gasteiger partial charge in [0.15, 0.2) is 0 Å². The Labute approximate surface area is 217 Å². The molecule has 0 saturated carbocycles. The molecule has 35 heavy (non-hydrogen) atoms. The van der Waals surface area contributed by atoms with E-state index in [1.165, 1.54) is 5.56 Å². The number of carbonyl (C=O) groups is 2. The molecule has 1 heterocycles. The van der Waals surface area contributed by atoms with Gasteiger partial charge in [0.05, 0.1) is 11.8 Å². The summed E-state index contributed by atoms with van der Waals surface area (Å²) < 4.78 is 0. The Morgan fingerprint density at radius 2 is 1.66 bits per heavy atom. The lowest BCUT2D eigenvalue weighted by Crippen LogP contribution is -2.28. The highest BCUT2D eigenvalue weighted by Crippen LogP contribution is 2.39. The van der Waals surface area contributed by atoms with E-state index in [1.807, 2.05) is 60.4 Å². The molecule has 0 radical (unpaired) electrons. The fourth-order valence-corrected chi connectivity index (χ4v) is 5.44. The van der Waals surface area contributed by atoms with Crippen molar-refractivity contribution in [2.45, 2.75) is 51.1 Å². The SMILES string of the molecule is CC(NC(=O)c1ccc(C2SCC(=O)N2Cc2ccc(Cl)cc2)cc1)c1ccc(C(C)(C)C)cc1. The quantitative estimate of drug-likeness (QED) is 0.395. The van der Waals surface area contributed by atoms with Gasteiger partial charge in [0.1, 0.15) is 5.37 Å². The second-order valence-corrected chi connectivity index (χ2v) is 11.5. The normalized spacial score (nSPS) is 16.9. The number of carbonyl (C=O) groups excluding carboxylic acids is 2. The molecule has 3 aromatic carbocycles. The minimum Gasteiger partial charge on any atom is -0.346 e. The number of amides is 2. The molecule has 4 nitrogen and oxygen atoms in total. The van der Waals surface area contributed by atoms with Crippen LogP contribution in [-0.2, 0) is 16.8 Å². The number of rotatable bonds is 6. The standard InChI is InChI=1S/C29H31ClN2O2S/c1-19(21-11-13-24(14-12-21)29(2,3)4)31-27(34)22-7-9-23(10-8-22)28-32(26(33)18-35-28)17-20-5-15-25(30)16-6-20/h5-16,19,28H,17-18H2,1-4H3,(H,31,34). The molecule has 0 aliphatic carbocycles. The van der Waals surface area contributed by atoms with Gasteiger partial charge in [-0.3, -0.25) is 9.59 Å². The van der Waals surface area contributed by atoms with Gasteiger partial charge in [0.25, 0.3) is 5.91 Å². The van der Waals surface area contributed by atoms with Gasteiger partial charge >= 0.3 is 0 Å². The van der Waals surface area contributed by atoms with E-state index in [0.29, 0.717) is 22.9 Å². The van der Waals surface area contributed by atoms with Crippen molar-refractivity contribution < 1.29 is 9.59 Å². The summed E-state index contributed by atoms with van der Waals surface area (Å²) in [6.07, 6.45) is 0. The van der Waals surface area contributed by atoms with Gasteiger partial charge in [-0.2, -0.15) is 0 Å². The number of halogens is 1. The molecule has 2 amide bonds. The average molecular weight is 507 g/mol. The van der Waals surface area contributed by atoms with Gasteiger partial charge in [0, 0.05) is 17.1 Å². The zero-order chi connectivity index (χ0) is 25.2. The van der Waals surface area contributed by atoms with E-state index in [9.17, 15) is 9.59 Å². The van der Waals surface area contributed by atoms with Gasteiger partial charge in [-0.25, -0.2) is 0 Å². The van der Waals surface area contributed by atoms with Gasteiger partial charge in [-0.15, -0.1) is 11.8 Å². The van der Waals surface area contributed by atoms with Crippen molar-refractivity contribution >= 4 is 35.2 Å². The summed E-state index contributed by atoms with van der Waals surface area (Å²) in [6.45, 7) is 9.09. The molecular weight excluding hydrogens is 476 g/mol. The van der Waals surface area contributed by atoms with Crippen molar-refractivity contribution in [1.29, 1.82) is 0 Å². The molecule has 4 rings (SSSR count). The van der Waals surface area contributed by atoms with Gasteiger partial charge in [0.2, 0.25) is 5.91 Å². The van der Waals surface area contributed by atoms with Crippen LogP contribution >= 0.6 is 23.4 Å². The Morgan fingerprint density at radius 1 is 1.03 bits per heavy atom. The van der Waals surface area contributed by atoms with Crippen LogP contribution in [0.15, 0.2) is 72.8 Å². The van der Waals surface area contributed by atoms with Crippen molar-refractivity contribution in [2.75, 3.05) is 5.75 Å². The molecule has 0 bridgehead atoms. The summed E-state index contributed by atoms with van der Waals surface area (Å²) in [4.78, 5) is 27.3. The Kier molecular flexibility index (Phi) is 7.58. The highest BCUT2D eigenvalue weighted by atomic mass is 35.5. The fourth-order valence-electron chi connectivity index (χ4n) is 4.12. The molecule has 2 atom stereocenters. The maximum absolute atomic E-state index is 12.9. The first-order valence-corrected chi connectivity index (χ1v) is 13.2. The van der Waals surface area contributed by atoms with Crippen molar-refractivity contribution in [1.82, 2.24) is 10.2 Å². The highest BCUT2D eigenvalue weighted by Gasteiger charge is 2.32. The van der Waals surface area contributed by atoms with E-state index in [1.54, 1.807) is 11.8 Å². The topological polar surface area (TPSA) is 49.4 Å². The van der Waals surface area contributed by atoms with Crippen LogP contribution in [0.1, 0.15) is 71.7 Å². The van der Waals surface area contributed by atoms with E-state index >= 15 is 0 Å². The second kappa shape index (κ2) is 10.5. The Balaban J connectivity index is 1.41. The predicted octanol–water partition coefficient (Wildman–Crippen LogP) is 6.90. The number of benzene rings is 3. The third kappa shape index (κ3) is 6.09. The van der Waals surface area contributed by atoms with Gasteiger partial charge < -0.3 is 10.2 Å². The van der Waals surface area contributed by atoms with E-state index in [4.69, 9.17) is 11.6 Å². The summed E-state index contributed by atoms with van der Waals surface area (Å²) >= 11 is 7.60. The third-order valence-corrected chi connectivity index (χ3v) is 7.82. The largest absolute Gasteiger partial charge is 0.346 e. The van der Waals surface area contributed by atoms with E-state index in [2.05, 4.69) is 50.4 Å². The van der Waals surface area contributed by atoms with Crippen LogP contribution in [0.3, 0.4) is 0 Å². The van der Waals surface area contributed by atoms with Gasteiger partial charge in [-0.1, -0.05) is 80.9 Å². The predicted molar refractivity (Wildman–Crippen MR) is 145 cm³/mol. The summed E-state index contributed by atoms with van der Waals surface area (Å²) in [5.41, 5.74) is 5.09. The Morgan fingerprint density at radius 3 is 2.26 bits per heavy atom. The first kappa shape index (κ1) is 25.3. The molecular formula is C29H31ClN2O2S. The van der Waals surface area contributed by atoms with Gasteiger partial charge in [-0.05, 0) is 58.9 Å². The van der Waals surface area contributed by atoms with Crippen LogP contribution in [-0.4, -0.2) is 22.5 Å². The monoisotopic (exact) mass is 506 g/mol. The Bertz CT molecular complexity index is 1190. The van der Waals surface area contributed by atoms with Crippen LogP contribution in [0, 0.1) is 0 Å². The van der Waals surface area contributed by atoms with E-state index < -0.39 is 0 Å². The molecule has 3 aromatic rings. The van der Waals surface area contributed by atoms with E-state index in [-0.39, 0.29) is 28.6 Å². The minimum atomic E-state index is -0.114. The molecule has 0 spiro atoms. The number of nitrogens with zero attached hydrogens (tertiary/aromatic N) is 1. The molecule has 1 N–H and O–H groups in total. The lowest BCUT2D eigenvalue weighted by molar-refractivity contribution is -0.128. The van der Waals surface area contributed by atoms with Crippen LogP contribution in [0.5, 0.6) is 0 Å². The third-order valence-electron chi connectivity index (χ3n) is 6.32. The average Bonchev–Trinajstić information content (AvgIpc) is 3.20. The van der Waals surface area contributed by atoms with Crippen LogP contribution < -0.4 is 5.32 Å². The second-order valence-electron chi connectivity index (χ2n) is 10.0. The molecule has 182 valence electrons. The molecule has 1 saturated heterocycles. The smallest absolute Gasteiger partial charge is 0.251 e. The summed E-state index contributed by atoms with van der Waals surface area (Å²) in [5.74, 6) is 0.451. The van der Waals surface area contributed by atoms with Crippen LogP contribution in [0.4, 0.5) is 0 Å². The zero-order valence-corrected chi connectivity index (χ0v) is 22.1. The summed E-state index contributed by atoms with van der Waals surface area (Å²) in [6, 6.07) is 23.5. The van der Waals surface area contributed by atoms with Crippen molar-refractivity contribution in [3.05, 3.63) is 106 Å². The summed E-state index contributed by atoms with van der Waals surface area (Å²) in [7, 11) is 0. The molecule has 1 fully saturated rings. The minimum absolute atomic E-state index is 0.0736. The molecule has 1 aliphatic heterocycles.